The van der Waals surface area contributed by atoms with E-state index in [1.807, 2.05) is 41.5 Å². The maximum atomic E-state index is 11.7. The van der Waals surface area contributed by atoms with Crippen molar-refractivity contribution >= 4 is 6.09 Å². The molecule has 1 aliphatic heterocycles. The topological polar surface area (TPSA) is 55.6 Å². The number of nitrogens with two attached hydrogens (primary N) is 1. The number of likely N-dealkylation sites (tertiary alicyclic amines) is 1. The fourth-order valence-corrected chi connectivity index (χ4v) is 1.75. The van der Waals surface area contributed by atoms with Crippen molar-refractivity contribution in [3.8, 4) is 0 Å². The van der Waals surface area contributed by atoms with E-state index in [1.54, 1.807) is 4.90 Å². The Morgan fingerprint density at radius 3 is 2.29 bits per heavy atom. The van der Waals surface area contributed by atoms with Gasteiger partial charge in [-0.1, -0.05) is 13.8 Å². The second-order valence-corrected chi connectivity index (χ2v) is 5.66. The van der Waals surface area contributed by atoms with Crippen LogP contribution in [0.2, 0.25) is 0 Å². The average molecular weight is 244 g/mol. The van der Waals surface area contributed by atoms with Crippen LogP contribution in [0, 0.1) is 0 Å². The SMILES string of the molecule is CC.CC1(N)CCCN(C(=O)OC(C)(C)C)C1. The van der Waals surface area contributed by atoms with Gasteiger partial charge in [0.25, 0.3) is 0 Å². The second kappa shape index (κ2) is 6.24. The fraction of sp³-hybridized carbons (Fsp3) is 0.923. The lowest BCUT2D eigenvalue weighted by molar-refractivity contribution is 0.0152. The van der Waals surface area contributed by atoms with Crippen LogP contribution in [0.4, 0.5) is 4.79 Å². The van der Waals surface area contributed by atoms with Gasteiger partial charge in [-0.15, -0.1) is 0 Å². The lowest BCUT2D eigenvalue weighted by Crippen LogP contribution is -2.54. The highest BCUT2D eigenvalue weighted by atomic mass is 16.6. The number of carbonyl (C=O) groups excluding carboxylic acids is 1. The molecule has 1 rings (SSSR count). The molecule has 4 heteroatoms. The first-order chi connectivity index (χ1) is 7.70. The minimum Gasteiger partial charge on any atom is -0.444 e. The highest BCUT2D eigenvalue weighted by molar-refractivity contribution is 5.68. The molecular formula is C13H28N2O2. The van der Waals surface area contributed by atoms with Crippen LogP contribution in [0.5, 0.6) is 0 Å². The Morgan fingerprint density at radius 1 is 1.35 bits per heavy atom. The fourth-order valence-electron chi connectivity index (χ4n) is 1.75. The minimum absolute atomic E-state index is 0.251. The number of rotatable bonds is 0. The highest BCUT2D eigenvalue weighted by Crippen LogP contribution is 2.20. The van der Waals surface area contributed by atoms with Gasteiger partial charge in [0.2, 0.25) is 0 Å². The van der Waals surface area contributed by atoms with Gasteiger partial charge in [0, 0.05) is 18.6 Å². The first-order valence-corrected chi connectivity index (χ1v) is 6.46. The van der Waals surface area contributed by atoms with Crippen molar-refractivity contribution in [2.45, 2.75) is 65.5 Å². The number of hydrogen-bond acceptors (Lipinski definition) is 3. The normalized spacial score (nSPS) is 24.8. The van der Waals surface area contributed by atoms with E-state index in [0.717, 1.165) is 19.4 Å². The Morgan fingerprint density at radius 2 is 1.88 bits per heavy atom. The van der Waals surface area contributed by atoms with Gasteiger partial charge in [-0.05, 0) is 40.5 Å². The van der Waals surface area contributed by atoms with Crippen LogP contribution in [0.25, 0.3) is 0 Å². The van der Waals surface area contributed by atoms with Crippen LogP contribution < -0.4 is 5.73 Å². The van der Waals surface area contributed by atoms with E-state index in [4.69, 9.17) is 10.5 Å². The molecule has 1 saturated heterocycles. The first kappa shape index (κ1) is 16.2. The van der Waals surface area contributed by atoms with Crippen LogP contribution >= 0.6 is 0 Å². The summed E-state index contributed by atoms with van der Waals surface area (Å²) in [5, 5.41) is 0. The lowest BCUT2D eigenvalue weighted by atomic mass is 9.93. The van der Waals surface area contributed by atoms with E-state index >= 15 is 0 Å². The lowest BCUT2D eigenvalue weighted by Gasteiger charge is -2.38. The third-order valence-electron chi connectivity index (χ3n) is 2.38. The van der Waals surface area contributed by atoms with E-state index < -0.39 is 5.60 Å². The molecule has 2 N–H and O–H groups in total. The van der Waals surface area contributed by atoms with Crippen molar-refractivity contribution in [2.24, 2.45) is 5.73 Å². The predicted octanol–water partition coefficient (Wildman–Crippen LogP) is 2.76. The summed E-state index contributed by atoms with van der Waals surface area (Å²) in [5.74, 6) is 0. The summed E-state index contributed by atoms with van der Waals surface area (Å²) in [6, 6.07) is 0. The van der Waals surface area contributed by atoms with Gasteiger partial charge >= 0.3 is 6.09 Å². The second-order valence-electron chi connectivity index (χ2n) is 5.66. The zero-order valence-electron chi connectivity index (χ0n) is 12.2. The van der Waals surface area contributed by atoms with Crippen LogP contribution in [0.1, 0.15) is 54.4 Å². The van der Waals surface area contributed by atoms with Crippen molar-refractivity contribution in [2.75, 3.05) is 13.1 Å². The Kier molecular flexibility index (Phi) is 5.96. The molecule has 0 aromatic carbocycles. The molecule has 0 saturated carbocycles. The van der Waals surface area contributed by atoms with Crippen molar-refractivity contribution in [1.29, 1.82) is 0 Å². The van der Waals surface area contributed by atoms with E-state index in [0.29, 0.717) is 6.54 Å². The van der Waals surface area contributed by atoms with Crippen molar-refractivity contribution in [3.63, 3.8) is 0 Å². The summed E-state index contributed by atoms with van der Waals surface area (Å²) in [6.45, 7) is 12.9. The number of nitrogens with zero attached hydrogens (tertiary/aromatic N) is 1. The maximum absolute atomic E-state index is 11.7. The third-order valence-corrected chi connectivity index (χ3v) is 2.38. The molecule has 1 heterocycles. The van der Waals surface area contributed by atoms with Gasteiger partial charge < -0.3 is 15.4 Å². The quantitative estimate of drug-likeness (QED) is 0.713. The number of amides is 1. The molecule has 4 nitrogen and oxygen atoms in total. The van der Waals surface area contributed by atoms with Crippen LogP contribution in [0.15, 0.2) is 0 Å². The summed E-state index contributed by atoms with van der Waals surface area (Å²) in [7, 11) is 0. The molecule has 17 heavy (non-hydrogen) atoms. The molecule has 0 aromatic rings. The predicted molar refractivity (Wildman–Crippen MR) is 71.0 cm³/mol. The zero-order valence-corrected chi connectivity index (χ0v) is 12.2. The molecule has 1 aliphatic rings. The summed E-state index contributed by atoms with van der Waals surface area (Å²) in [4.78, 5) is 13.5. The monoisotopic (exact) mass is 244 g/mol. The van der Waals surface area contributed by atoms with E-state index in [1.165, 1.54) is 0 Å². The molecule has 0 radical (unpaired) electrons. The van der Waals surface area contributed by atoms with E-state index in [2.05, 4.69) is 0 Å². The average Bonchev–Trinajstić information content (AvgIpc) is 2.16. The van der Waals surface area contributed by atoms with Crippen molar-refractivity contribution in [1.82, 2.24) is 4.90 Å². The molecule has 1 unspecified atom stereocenters. The highest BCUT2D eigenvalue weighted by Gasteiger charge is 2.31. The minimum atomic E-state index is -0.431. The summed E-state index contributed by atoms with van der Waals surface area (Å²) in [5.41, 5.74) is 5.32. The molecule has 1 amide bonds. The largest absolute Gasteiger partial charge is 0.444 e. The first-order valence-electron chi connectivity index (χ1n) is 6.46. The van der Waals surface area contributed by atoms with Crippen LogP contribution in [-0.2, 0) is 4.74 Å². The number of piperidine rings is 1. The Hall–Kier alpha value is -0.770. The number of carbonyl (C=O) groups is 1. The van der Waals surface area contributed by atoms with Gasteiger partial charge in [0.1, 0.15) is 5.60 Å². The Bertz CT molecular complexity index is 244. The molecule has 0 spiro atoms. The van der Waals surface area contributed by atoms with Gasteiger partial charge in [-0.25, -0.2) is 4.79 Å². The van der Waals surface area contributed by atoms with Crippen molar-refractivity contribution < 1.29 is 9.53 Å². The van der Waals surface area contributed by atoms with Crippen LogP contribution in [-0.4, -0.2) is 35.2 Å². The Labute approximate surface area is 105 Å². The summed E-state index contributed by atoms with van der Waals surface area (Å²) in [6.07, 6.45) is 1.66. The molecule has 0 aromatic heterocycles. The van der Waals surface area contributed by atoms with E-state index in [9.17, 15) is 4.79 Å². The standard InChI is InChI=1S/C11H22N2O2.C2H6/c1-10(2,3)15-9(14)13-7-5-6-11(4,12)8-13;1-2/h5-8,12H2,1-4H3;1-2H3. The molecule has 102 valence electrons. The molecule has 0 bridgehead atoms. The molecular weight excluding hydrogens is 216 g/mol. The summed E-state index contributed by atoms with van der Waals surface area (Å²) < 4.78 is 5.30. The van der Waals surface area contributed by atoms with Gasteiger partial charge in [0.15, 0.2) is 0 Å². The van der Waals surface area contributed by atoms with Gasteiger partial charge in [-0.2, -0.15) is 0 Å². The van der Waals surface area contributed by atoms with Gasteiger partial charge in [0.05, 0.1) is 0 Å². The maximum Gasteiger partial charge on any atom is 0.410 e. The third kappa shape index (κ3) is 6.51. The molecule has 1 fully saturated rings. The Balaban J connectivity index is 0.00000121. The van der Waals surface area contributed by atoms with Crippen molar-refractivity contribution in [3.05, 3.63) is 0 Å². The smallest absolute Gasteiger partial charge is 0.410 e. The zero-order chi connectivity index (χ0) is 13.7. The summed E-state index contributed by atoms with van der Waals surface area (Å²) >= 11 is 0. The number of hydrogen-bond donors (Lipinski definition) is 1. The molecule has 1 atom stereocenters. The van der Waals surface area contributed by atoms with Gasteiger partial charge in [-0.3, -0.25) is 0 Å². The van der Waals surface area contributed by atoms with E-state index in [-0.39, 0.29) is 11.6 Å². The number of ether oxygens (including phenoxy) is 1. The molecule has 0 aliphatic carbocycles. The van der Waals surface area contributed by atoms with Crippen LogP contribution in [0.3, 0.4) is 0 Å².